The Balaban J connectivity index is 1.49. The molecule has 2 aliphatic carbocycles. The number of fused-ring (bicyclic) bond motifs is 1. The topological polar surface area (TPSA) is 102 Å². The van der Waals surface area contributed by atoms with E-state index in [0.717, 1.165) is 53.8 Å². The largest absolute Gasteiger partial charge is 0.481 e. The first kappa shape index (κ1) is 17.5. The normalized spacial score (nSPS) is 25.5. The van der Waals surface area contributed by atoms with Crippen LogP contribution in [0.5, 0.6) is 0 Å². The molecule has 0 atom stereocenters. The summed E-state index contributed by atoms with van der Waals surface area (Å²) in [5.41, 5.74) is 3.52. The Bertz CT molecular complexity index is 954. The quantitative estimate of drug-likeness (QED) is 0.822. The summed E-state index contributed by atoms with van der Waals surface area (Å²) in [6.45, 7) is 2.78. The van der Waals surface area contributed by atoms with Crippen molar-refractivity contribution >= 4 is 28.4 Å². The molecule has 0 radical (unpaired) electrons. The van der Waals surface area contributed by atoms with E-state index in [2.05, 4.69) is 20.6 Å². The number of aromatic nitrogens is 3. The van der Waals surface area contributed by atoms with Crippen LogP contribution in [-0.2, 0) is 16.2 Å². The van der Waals surface area contributed by atoms with Gasteiger partial charge in [0.05, 0.1) is 28.9 Å². The second-order valence-electron chi connectivity index (χ2n) is 8.29. The van der Waals surface area contributed by atoms with Crippen molar-refractivity contribution in [2.45, 2.75) is 70.1 Å². The van der Waals surface area contributed by atoms with Crippen LogP contribution in [0, 0.1) is 5.92 Å². The van der Waals surface area contributed by atoms with E-state index in [1.54, 1.807) is 0 Å². The van der Waals surface area contributed by atoms with Crippen molar-refractivity contribution in [2.75, 3.05) is 5.32 Å². The lowest BCUT2D eigenvalue weighted by Crippen LogP contribution is -2.39. The molecule has 2 aromatic rings. The Morgan fingerprint density at radius 1 is 1.36 bits per heavy atom. The molecule has 148 valence electrons. The van der Waals surface area contributed by atoms with E-state index in [1.807, 2.05) is 24.0 Å². The lowest BCUT2D eigenvalue weighted by atomic mass is 9.80. The van der Waals surface area contributed by atoms with Gasteiger partial charge in [-0.25, -0.2) is 9.67 Å². The molecule has 0 unspecified atom stereocenters. The maximum Gasteiger partial charge on any atom is 0.306 e. The van der Waals surface area contributed by atoms with E-state index in [0.29, 0.717) is 12.8 Å². The van der Waals surface area contributed by atoms with Gasteiger partial charge in [0.1, 0.15) is 5.60 Å². The second kappa shape index (κ2) is 6.46. The molecule has 2 aromatic heterocycles. The van der Waals surface area contributed by atoms with Gasteiger partial charge in [-0.1, -0.05) is 5.16 Å². The number of carbonyl (C=O) groups is 1. The molecule has 8 nitrogen and oxygen atoms in total. The molecular weight excluding hydrogens is 358 g/mol. The highest BCUT2D eigenvalue weighted by molar-refractivity contribution is 6.10. The molecule has 2 saturated carbocycles. The highest BCUT2D eigenvalue weighted by Gasteiger charge is 2.43. The molecule has 0 saturated heterocycles. The molecule has 5 rings (SSSR count). The number of oxime groups is 1. The minimum Gasteiger partial charge on any atom is -0.481 e. The number of hydrogen-bond acceptors (Lipinski definition) is 6. The summed E-state index contributed by atoms with van der Waals surface area (Å²) in [4.78, 5) is 21.7. The summed E-state index contributed by atoms with van der Waals surface area (Å²) in [7, 11) is 0. The smallest absolute Gasteiger partial charge is 0.306 e. The van der Waals surface area contributed by atoms with Crippen molar-refractivity contribution in [1.29, 1.82) is 0 Å². The van der Waals surface area contributed by atoms with Crippen LogP contribution in [0.1, 0.15) is 57.4 Å². The van der Waals surface area contributed by atoms with Gasteiger partial charge in [-0.3, -0.25) is 4.79 Å². The maximum atomic E-state index is 11.2. The Labute approximate surface area is 163 Å². The zero-order valence-corrected chi connectivity index (χ0v) is 16.0. The number of aliphatic carboxylic acids is 1. The predicted molar refractivity (Wildman–Crippen MR) is 104 cm³/mol. The Hall–Kier alpha value is -2.64. The third-order valence-corrected chi connectivity index (χ3v) is 6.47. The van der Waals surface area contributed by atoms with Gasteiger partial charge in [-0.2, -0.15) is 5.10 Å². The predicted octanol–water partition coefficient (Wildman–Crippen LogP) is 3.16. The summed E-state index contributed by atoms with van der Waals surface area (Å²) >= 11 is 0. The van der Waals surface area contributed by atoms with E-state index < -0.39 is 5.97 Å². The Kier molecular flexibility index (Phi) is 4.03. The molecule has 0 bridgehead atoms. The third-order valence-electron chi connectivity index (χ3n) is 6.47. The van der Waals surface area contributed by atoms with Crippen molar-refractivity contribution in [3.63, 3.8) is 0 Å². The number of carboxylic acids is 1. The third kappa shape index (κ3) is 2.73. The summed E-state index contributed by atoms with van der Waals surface area (Å²) in [6.07, 6.45) is 10.2. The minimum atomic E-state index is -0.714. The molecule has 3 heterocycles. The van der Waals surface area contributed by atoms with Crippen LogP contribution in [0.3, 0.4) is 0 Å². The molecular formula is C20H25N5O3. The van der Waals surface area contributed by atoms with Crippen LogP contribution in [-0.4, -0.2) is 43.2 Å². The van der Waals surface area contributed by atoms with Crippen molar-refractivity contribution in [2.24, 2.45) is 11.1 Å². The lowest BCUT2D eigenvalue weighted by molar-refractivity contribution is -0.144. The summed E-state index contributed by atoms with van der Waals surface area (Å²) in [5, 5.41) is 22.6. The first-order valence-corrected chi connectivity index (χ1v) is 10.2. The summed E-state index contributed by atoms with van der Waals surface area (Å²) in [5.74, 6) is -0.973. The summed E-state index contributed by atoms with van der Waals surface area (Å²) in [6, 6.07) is 0.138. The van der Waals surface area contributed by atoms with Gasteiger partial charge >= 0.3 is 5.97 Å². The Morgan fingerprint density at radius 2 is 2.14 bits per heavy atom. The molecule has 28 heavy (non-hydrogen) atoms. The van der Waals surface area contributed by atoms with Crippen molar-refractivity contribution in [3.05, 3.63) is 18.0 Å². The van der Waals surface area contributed by atoms with Gasteiger partial charge in [0.15, 0.2) is 5.65 Å². The highest BCUT2D eigenvalue weighted by atomic mass is 16.7. The molecule has 2 fully saturated rings. The number of anilines is 1. The number of pyridine rings is 1. The van der Waals surface area contributed by atoms with Crippen LogP contribution >= 0.6 is 0 Å². The molecule has 0 aromatic carbocycles. The number of nitrogens with one attached hydrogen (secondary N) is 1. The van der Waals surface area contributed by atoms with E-state index in [9.17, 15) is 9.90 Å². The standard InChI is InChI=1S/C20H25N5O3/c1-2-25-18-15(11-22-25)17(23-13-7-12(8-13)19(26)27)14(10-21-18)16-9-20(28-24-16)5-3-4-6-20/h10-13H,2-9H2,1H3,(H,21,23)(H,26,27). The molecule has 2 N–H and O–H groups in total. The zero-order chi connectivity index (χ0) is 19.3. The van der Waals surface area contributed by atoms with Crippen LogP contribution < -0.4 is 5.32 Å². The van der Waals surface area contributed by atoms with Crippen molar-refractivity contribution in [1.82, 2.24) is 14.8 Å². The molecule has 1 aliphatic heterocycles. The van der Waals surface area contributed by atoms with Gasteiger partial charge in [0.25, 0.3) is 0 Å². The number of carboxylic acid groups (broad SMARTS) is 1. The fourth-order valence-corrected chi connectivity index (χ4v) is 4.73. The first-order valence-electron chi connectivity index (χ1n) is 10.2. The molecule has 0 amide bonds. The van der Waals surface area contributed by atoms with Crippen LogP contribution in [0.2, 0.25) is 0 Å². The number of nitrogens with zero attached hydrogens (tertiary/aromatic N) is 4. The number of rotatable bonds is 5. The van der Waals surface area contributed by atoms with Crippen LogP contribution in [0.4, 0.5) is 5.69 Å². The van der Waals surface area contributed by atoms with Crippen LogP contribution in [0.25, 0.3) is 11.0 Å². The fourth-order valence-electron chi connectivity index (χ4n) is 4.73. The first-order chi connectivity index (χ1) is 13.6. The molecule has 8 heteroatoms. The van der Waals surface area contributed by atoms with Crippen molar-refractivity contribution in [3.8, 4) is 0 Å². The number of hydrogen-bond donors (Lipinski definition) is 2. The van der Waals surface area contributed by atoms with Gasteiger partial charge in [-0.05, 0) is 45.4 Å². The minimum absolute atomic E-state index is 0.138. The monoisotopic (exact) mass is 383 g/mol. The maximum absolute atomic E-state index is 11.2. The average Bonchev–Trinajstić information content (AvgIpc) is 3.38. The molecule has 1 spiro atoms. The lowest BCUT2D eigenvalue weighted by Gasteiger charge is -2.34. The van der Waals surface area contributed by atoms with Crippen LogP contribution in [0.15, 0.2) is 17.5 Å². The second-order valence-corrected chi connectivity index (χ2v) is 8.29. The van der Waals surface area contributed by atoms with E-state index in [-0.39, 0.29) is 17.6 Å². The fraction of sp³-hybridized carbons (Fsp3) is 0.600. The SMILES string of the molecule is CCn1ncc2c(NC3CC(C(=O)O)C3)c(C3=NOC4(CCCC4)C3)cnc21. The average molecular weight is 383 g/mol. The van der Waals surface area contributed by atoms with Gasteiger partial charge < -0.3 is 15.3 Å². The van der Waals surface area contributed by atoms with E-state index >= 15 is 0 Å². The Morgan fingerprint density at radius 3 is 2.86 bits per heavy atom. The highest BCUT2D eigenvalue weighted by Crippen LogP contribution is 2.43. The van der Waals surface area contributed by atoms with E-state index in [4.69, 9.17) is 4.84 Å². The summed E-state index contributed by atoms with van der Waals surface area (Å²) < 4.78 is 1.87. The van der Waals surface area contributed by atoms with E-state index in [1.165, 1.54) is 12.8 Å². The van der Waals surface area contributed by atoms with Gasteiger partial charge in [-0.15, -0.1) is 0 Å². The number of aryl methyl sites for hydroxylation is 1. The van der Waals surface area contributed by atoms with Gasteiger partial charge in [0.2, 0.25) is 0 Å². The zero-order valence-electron chi connectivity index (χ0n) is 16.0. The molecule has 3 aliphatic rings. The van der Waals surface area contributed by atoms with Gasteiger partial charge in [0, 0.05) is 30.8 Å². The van der Waals surface area contributed by atoms with Crippen molar-refractivity contribution < 1.29 is 14.7 Å².